The van der Waals surface area contributed by atoms with Crippen LogP contribution in [0.3, 0.4) is 0 Å². The molecule has 17 heavy (non-hydrogen) atoms. The molecule has 1 unspecified atom stereocenters. The van der Waals surface area contributed by atoms with Gasteiger partial charge in [-0.3, -0.25) is 9.59 Å². The number of benzene rings is 1. The van der Waals surface area contributed by atoms with Gasteiger partial charge in [-0.1, -0.05) is 26.0 Å². The first-order valence-corrected chi connectivity index (χ1v) is 5.53. The summed E-state index contributed by atoms with van der Waals surface area (Å²) < 4.78 is 10.1. The first-order chi connectivity index (χ1) is 8.04. The van der Waals surface area contributed by atoms with Crippen LogP contribution in [-0.4, -0.2) is 11.9 Å². The van der Waals surface area contributed by atoms with Gasteiger partial charge in [0.05, 0.1) is 5.92 Å². The van der Waals surface area contributed by atoms with Gasteiger partial charge in [0.1, 0.15) is 0 Å². The van der Waals surface area contributed by atoms with E-state index in [0.29, 0.717) is 6.42 Å². The third kappa shape index (κ3) is 3.90. The monoisotopic (exact) mass is 236 g/mol. The van der Waals surface area contributed by atoms with Crippen LogP contribution in [0.25, 0.3) is 0 Å². The van der Waals surface area contributed by atoms with Crippen molar-refractivity contribution in [2.24, 2.45) is 5.92 Å². The summed E-state index contributed by atoms with van der Waals surface area (Å²) >= 11 is 0. The summed E-state index contributed by atoms with van der Waals surface area (Å²) in [5.74, 6) is -0.422. The Kier molecular flexibility index (Phi) is 4.69. The second-order valence-corrected chi connectivity index (χ2v) is 3.77. The van der Waals surface area contributed by atoms with Crippen molar-refractivity contribution in [2.75, 3.05) is 0 Å². The van der Waals surface area contributed by atoms with Crippen LogP contribution < -0.4 is 9.47 Å². The quantitative estimate of drug-likeness (QED) is 0.595. The average molecular weight is 236 g/mol. The van der Waals surface area contributed by atoms with Gasteiger partial charge in [-0.15, -0.1) is 0 Å². The molecule has 1 atom stereocenters. The molecule has 0 radical (unpaired) electrons. The number of carbonyl (C=O) groups is 2. The number of esters is 2. The summed E-state index contributed by atoms with van der Waals surface area (Å²) in [6.07, 6.45) is 0.703. The van der Waals surface area contributed by atoms with E-state index in [2.05, 4.69) is 0 Å². The van der Waals surface area contributed by atoms with Crippen molar-refractivity contribution >= 4 is 11.9 Å². The topological polar surface area (TPSA) is 52.6 Å². The third-order valence-corrected chi connectivity index (χ3v) is 2.33. The maximum Gasteiger partial charge on any atom is 0.314 e. The lowest BCUT2D eigenvalue weighted by Crippen LogP contribution is -2.17. The van der Waals surface area contributed by atoms with E-state index in [-0.39, 0.29) is 23.4 Å². The molecule has 0 heterocycles. The van der Waals surface area contributed by atoms with Crippen molar-refractivity contribution in [3.05, 3.63) is 24.3 Å². The molecule has 4 heteroatoms. The van der Waals surface area contributed by atoms with Crippen LogP contribution in [0, 0.1) is 5.92 Å². The predicted octanol–water partition coefficient (Wildman–Crippen LogP) is 2.56. The Morgan fingerprint density at radius 2 is 1.71 bits per heavy atom. The summed E-state index contributed by atoms with van der Waals surface area (Å²) in [5.41, 5.74) is 0. The van der Waals surface area contributed by atoms with E-state index in [9.17, 15) is 9.59 Å². The minimum Gasteiger partial charge on any atom is -0.423 e. The molecular formula is C13H16O4. The Balaban J connectivity index is 2.83. The van der Waals surface area contributed by atoms with Gasteiger partial charge >= 0.3 is 11.9 Å². The Labute approximate surface area is 101 Å². The number of para-hydroxylation sites is 2. The first kappa shape index (κ1) is 13.2. The van der Waals surface area contributed by atoms with Crippen molar-refractivity contribution in [1.82, 2.24) is 0 Å². The lowest BCUT2D eigenvalue weighted by Gasteiger charge is -2.11. The van der Waals surface area contributed by atoms with Crippen LogP contribution in [0.5, 0.6) is 11.5 Å². The molecule has 1 rings (SSSR count). The van der Waals surface area contributed by atoms with Gasteiger partial charge < -0.3 is 9.47 Å². The minimum atomic E-state index is -0.447. The molecule has 0 N–H and O–H groups in total. The van der Waals surface area contributed by atoms with Gasteiger partial charge in [-0.25, -0.2) is 0 Å². The second kappa shape index (κ2) is 6.03. The predicted molar refractivity (Wildman–Crippen MR) is 62.8 cm³/mol. The fraction of sp³-hybridized carbons (Fsp3) is 0.385. The molecule has 0 saturated heterocycles. The molecule has 0 bridgehead atoms. The Bertz CT molecular complexity index is 412. The molecule has 0 saturated carbocycles. The Morgan fingerprint density at radius 3 is 2.18 bits per heavy atom. The fourth-order valence-corrected chi connectivity index (χ4v) is 1.15. The number of ether oxygens (including phenoxy) is 2. The highest BCUT2D eigenvalue weighted by Gasteiger charge is 2.16. The molecule has 1 aromatic rings. The molecular weight excluding hydrogens is 220 g/mol. The van der Waals surface area contributed by atoms with Crippen LogP contribution >= 0.6 is 0 Å². The van der Waals surface area contributed by atoms with Gasteiger partial charge in [-0.2, -0.15) is 0 Å². The van der Waals surface area contributed by atoms with Gasteiger partial charge in [0, 0.05) is 6.92 Å². The van der Waals surface area contributed by atoms with E-state index in [1.54, 1.807) is 31.2 Å². The zero-order chi connectivity index (χ0) is 12.8. The van der Waals surface area contributed by atoms with Crippen LogP contribution in [0.4, 0.5) is 0 Å². The van der Waals surface area contributed by atoms with Gasteiger partial charge in [0.25, 0.3) is 0 Å². The highest BCUT2D eigenvalue weighted by molar-refractivity contribution is 5.76. The van der Waals surface area contributed by atoms with Crippen molar-refractivity contribution in [3.63, 3.8) is 0 Å². The summed E-state index contributed by atoms with van der Waals surface area (Å²) in [6.45, 7) is 4.99. The molecule has 0 amide bonds. The van der Waals surface area contributed by atoms with E-state index < -0.39 is 5.97 Å². The number of hydrogen-bond acceptors (Lipinski definition) is 4. The van der Waals surface area contributed by atoms with Gasteiger partial charge in [-0.05, 0) is 18.6 Å². The summed E-state index contributed by atoms with van der Waals surface area (Å²) in [5, 5.41) is 0. The normalized spacial score (nSPS) is 11.7. The van der Waals surface area contributed by atoms with Gasteiger partial charge in [0.15, 0.2) is 11.5 Å². The molecule has 0 aliphatic carbocycles. The summed E-state index contributed by atoms with van der Waals surface area (Å²) in [6, 6.07) is 6.60. The molecule has 92 valence electrons. The smallest absolute Gasteiger partial charge is 0.314 e. The maximum absolute atomic E-state index is 11.6. The van der Waals surface area contributed by atoms with E-state index in [1.807, 2.05) is 6.92 Å². The number of rotatable bonds is 4. The highest BCUT2D eigenvalue weighted by atomic mass is 16.6. The zero-order valence-electron chi connectivity index (χ0n) is 10.2. The van der Waals surface area contributed by atoms with Crippen molar-refractivity contribution in [1.29, 1.82) is 0 Å². The molecule has 0 aliphatic rings. The van der Waals surface area contributed by atoms with Crippen molar-refractivity contribution in [2.45, 2.75) is 27.2 Å². The number of carbonyl (C=O) groups excluding carboxylic acids is 2. The van der Waals surface area contributed by atoms with E-state index in [4.69, 9.17) is 9.47 Å². The molecule has 0 aliphatic heterocycles. The fourth-order valence-electron chi connectivity index (χ4n) is 1.15. The molecule has 0 fully saturated rings. The van der Waals surface area contributed by atoms with E-state index in [0.717, 1.165) is 0 Å². The lowest BCUT2D eigenvalue weighted by molar-refractivity contribution is -0.139. The van der Waals surface area contributed by atoms with Crippen LogP contribution in [0.1, 0.15) is 27.2 Å². The minimum absolute atomic E-state index is 0.180. The molecule has 1 aromatic carbocycles. The lowest BCUT2D eigenvalue weighted by atomic mass is 10.1. The second-order valence-electron chi connectivity index (χ2n) is 3.77. The molecule has 0 aromatic heterocycles. The van der Waals surface area contributed by atoms with Crippen LogP contribution in [0.2, 0.25) is 0 Å². The van der Waals surface area contributed by atoms with E-state index >= 15 is 0 Å². The molecule has 4 nitrogen and oxygen atoms in total. The van der Waals surface area contributed by atoms with Crippen molar-refractivity contribution in [3.8, 4) is 11.5 Å². The highest BCUT2D eigenvalue weighted by Crippen LogP contribution is 2.27. The zero-order valence-corrected chi connectivity index (χ0v) is 10.2. The Morgan fingerprint density at radius 1 is 1.18 bits per heavy atom. The summed E-state index contributed by atoms with van der Waals surface area (Å²) in [4.78, 5) is 22.5. The van der Waals surface area contributed by atoms with Gasteiger partial charge in [0.2, 0.25) is 0 Å². The largest absolute Gasteiger partial charge is 0.423 e. The average Bonchev–Trinajstić information content (AvgIpc) is 2.29. The molecule has 0 spiro atoms. The first-order valence-electron chi connectivity index (χ1n) is 5.53. The SMILES string of the molecule is CCC(C)C(=O)Oc1ccccc1OC(C)=O. The van der Waals surface area contributed by atoms with Crippen LogP contribution in [-0.2, 0) is 9.59 Å². The Hall–Kier alpha value is -1.84. The standard InChI is InChI=1S/C13H16O4/c1-4-9(2)13(15)17-12-8-6-5-7-11(12)16-10(3)14/h5-9H,4H2,1-3H3. The number of hydrogen-bond donors (Lipinski definition) is 0. The maximum atomic E-state index is 11.6. The summed E-state index contributed by atoms with van der Waals surface area (Å²) in [7, 11) is 0. The third-order valence-electron chi connectivity index (χ3n) is 2.33. The van der Waals surface area contributed by atoms with Crippen LogP contribution in [0.15, 0.2) is 24.3 Å². The van der Waals surface area contributed by atoms with Crippen molar-refractivity contribution < 1.29 is 19.1 Å². The van der Waals surface area contributed by atoms with E-state index in [1.165, 1.54) is 6.92 Å².